The highest BCUT2D eigenvalue weighted by atomic mass is 16.5. The molecule has 0 bridgehead atoms. The summed E-state index contributed by atoms with van der Waals surface area (Å²) >= 11 is 0. The van der Waals surface area contributed by atoms with E-state index in [-0.39, 0.29) is 0 Å². The van der Waals surface area contributed by atoms with Crippen LogP contribution in [0.5, 0.6) is 0 Å². The summed E-state index contributed by atoms with van der Waals surface area (Å²) in [5.74, 6) is 0. The molecule has 2 nitrogen and oxygen atoms in total. The standard InChI is InChI=1S/C10H23NO/c1-5-7-10(11-6-2)8-9(3)12-4/h9-11H,5-8H2,1-4H3. The second-order valence-corrected chi connectivity index (χ2v) is 3.33. The highest BCUT2D eigenvalue weighted by Crippen LogP contribution is 2.06. The maximum Gasteiger partial charge on any atom is 0.0558 e. The Morgan fingerprint density at radius 2 is 2.00 bits per heavy atom. The molecule has 0 rings (SSSR count). The zero-order chi connectivity index (χ0) is 9.40. The van der Waals surface area contributed by atoms with Gasteiger partial charge < -0.3 is 10.1 Å². The van der Waals surface area contributed by atoms with Crippen molar-refractivity contribution < 1.29 is 4.74 Å². The maximum atomic E-state index is 5.23. The molecule has 0 saturated carbocycles. The minimum absolute atomic E-state index is 0.376. The van der Waals surface area contributed by atoms with Gasteiger partial charge in [0.25, 0.3) is 0 Å². The van der Waals surface area contributed by atoms with Crippen LogP contribution in [-0.4, -0.2) is 25.8 Å². The van der Waals surface area contributed by atoms with Crippen LogP contribution in [0.3, 0.4) is 0 Å². The Kier molecular flexibility index (Phi) is 7.51. The second-order valence-electron chi connectivity index (χ2n) is 3.33. The largest absolute Gasteiger partial charge is 0.382 e. The van der Waals surface area contributed by atoms with Crippen molar-refractivity contribution in [2.75, 3.05) is 13.7 Å². The minimum Gasteiger partial charge on any atom is -0.382 e. The first kappa shape index (κ1) is 11.9. The van der Waals surface area contributed by atoms with Crippen molar-refractivity contribution in [1.82, 2.24) is 5.32 Å². The molecular weight excluding hydrogens is 150 g/mol. The number of hydrogen-bond acceptors (Lipinski definition) is 2. The van der Waals surface area contributed by atoms with Gasteiger partial charge in [-0.15, -0.1) is 0 Å². The van der Waals surface area contributed by atoms with Crippen molar-refractivity contribution in [2.45, 2.75) is 52.2 Å². The lowest BCUT2D eigenvalue weighted by Crippen LogP contribution is -2.32. The van der Waals surface area contributed by atoms with Crippen LogP contribution in [0.4, 0.5) is 0 Å². The maximum absolute atomic E-state index is 5.23. The van der Waals surface area contributed by atoms with E-state index in [0.717, 1.165) is 13.0 Å². The van der Waals surface area contributed by atoms with E-state index in [9.17, 15) is 0 Å². The molecule has 2 atom stereocenters. The summed E-state index contributed by atoms with van der Waals surface area (Å²) in [6.45, 7) is 7.56. The third kappa shape index (κ3) is 5.56. The third-order valence-corrected chi connectivity index (χ3v) is 2.15. The van der Waals surface area contributed by atoms with Gasteiger partial charge in [-0.2, -0.15) is 0 Å². The van der Waals surface area contributed by atoms with E-state index in [2.05, 4.69) is 26.1 Å². The molecular formula is C10H23NO. The van der Waals surface area contributed by atoms with Crippen LogP contribution in [0, 0.1) is 0 Å². The van der Waals surface area contributed by atoms with Gasteiger partial charge in [-0.25, -0.2) is 0 Å². The number of ether oxygens (including phenoxy) is 1. The van der Waals surface area contributed by atoms with Crippen molar-refractivity contribution in [3.05, 3.63) is 0 Å². The second kappa shape index (κ2) is 7.56. The molecule has 12 heavy (non-hydrogen) atoms. The van der Waals surface area contributed by atoms with Gasteiger partial charge in [0.2, 0.25) is 0 Å². The van der Waals surface area contributed by atoms with E-state index >= 15 is 0 Å². The highest BCUT2D eigenvalue weighted by molar-refractivity contribution is 4.68. The molecule has 74 valence electrons. The van der Waals surface area contributed by atoms with E-state index in [4.69, 9.17) is 4.74 Å². The summed E-state index contributed by atoms with van der Waals surface area (Å²) in [7, 11) is 1.78. The van der Waals surface area contributed by atoms with Crippen LogP contribution >= 0.6 is 0 Å². The average molecular weight is 173 g/mol. The quantitative estimate of drug-likeness (QED) is 0.637. The lowest BCUT2D eigenvalue weighted by Gasteiger charge is -2.20. The smallest absolute Gasteiger partial charge is 0.0558 e. The fraction of sp³-hybridized carbons (Fsp3) is 1.00. The molecule has 0 spiro atoms. The van der Waals surface area contributed by atoms with Gasteiger partial charge in [-0.3, -0.25) is 0 Å². The predicted molar refractivity (Wildman–Crippen MR) is 53.5 cm³/mol. The minimum atomic E-state index is 0.376. The Labute approximate surface area is 76.7 Å². The Hall–Kier alpha value is -0.0800. The summed E-state index contributed by atoms with van der Waals surface area (Å²) in [5, 5.41) is 3.47. The van der Waals surface area contributed by atoms with E-state index in [1.807, 2.05) is 0 Å². The van der Waals surface area contributed by atoms with Crippen LogP contribution < -0.4 is 5.32 Å². The normalized spacial score (nSPS) is 16.0. The molecule has 1 N–H and O–H groups in total. The van der Waals surface area contributed by atoms with Gasteiger partial charge in [0, 0.05) is 13.2 Å². The van der Waals surface area contributed by atoms with Crippen LogP contribution in [0.2, 0.25) is 0 Å². The summed E-state index contributed by atoms with van der Waals surface area (Å²) in [6.07, 6.45) is 3.99. The molecule has 0 saturated heterocycles. The van der Waals surface area contributed by atoms with Crippen molar-refractivity contribution in [2.24, 2.45) is 0 Å². The first-order valence-corrected chi connectivity index (χ1v) is 5.00. The van der Waals surface area contributed by atoms with E-state index in [1.165, 1.54) is 12.8 Å². The average Bonchev–Trinajstić information content (AvgIpc) is 2.05. The van der Waals surface area contributed by atoms with Gasteiger partial charge in [-0.05, 0) is 26.3 Å². The molecule has 0 aromatic heterocycles. The first-order valence-electron chi connectivity index (χ1n) is 5.00. The Morgan fingerprint density at radius 1 is 1.33 bits per heavy atom. The van der Waals surface area contributed by atoms with Crippen LogP contribution in [0.15, 0.2) is 0 Å². The molecule has 0 aliphatic rings. The van der Waals surface area contributed by atoms with Gasteiger partial charge in [-0.1, -0.05) is 20.3 Å². The van der Waals surface area contributed by atoms with Crippen LogP contribution in [0.1, 0.15) is 40.0 Å². The summed E-state index contributed by atoms with van der Waals surface area (Å²) in [6, 6.07) is 0.634. The number of methoxy groups -OCH3 is 1. The van der Waals surface area contributed by atoms with Crippen molar-refractivity contribution in [1.29, 1.82) is 0 Å². The fourth-order valence-electron chi connectivity index (χ4n) is 1.44. The third-order valence-electron chi connectivity index (χ3n) is 2.15. The molecule has 0 aliphatic carbocycles. The van der Waals surface area contributed by atoms with Crippen molar-refractivity contribution in [3.63, 3.8) is 0 Å². The van der Waals surface area contributed by atoms with Crippen LogP contribution in [0.25, 0.3) is 0 Å². The van der Waals surface area contributed by atoms with E-state index in [1.54, 1.807) is 7.11 Å². The Bertz CT molecular complexity index is 89.8. The lowest BCUT2D eigenvalue weighted by molar-refractivity contribution is 0.0994. The van der Waals surface area contributed by atoms with Gasteiger partial charge in [0.05, 0.1) is 6.10 Å². The fourth-order valence-corrected chi connectivity index (χ4v) is 1.44. The molecule has 0 heterocycles. The Morgan fingerprint density at radius 3 is 2.42 bits per heavy atom. The van der Waals surface area contributed by atoms with Gasteiger partial charge in [0.15, 0.2) is 0 Å². The molecule has 0 aromatic rings. The van der Waals surface area contributed by atoms with Crippen molar-refractivity contribution >= 4 is 0 Å². The summed E-state index contributed by atoms with van der Waals surface area (Å²) in [5.41, 5.74) is 0. The monoisotopic (exact) mass is 173 g/mol. The first-order chi connectivity index (χ1) is 5.74. The van der Waals surface area contributed by atoms with E-state index in [0.29, 0.717) is 12.1 Å². The zero-order valence-corrected chi connectivity index (χ0v) is 8.89. The molecule has 0 amide bonds. The summed E-state index contributed by atoms with van der Waals surface area (Å²) < 4.78 is 5.23. The molecule has 2 unspecified atom stereocenters. The number of hydrogen-bond donors (Lipinski definition) is 1. The lowest BCUT2D eigenvalue weighted by atomic mass is 10.1. The molecule has 0 radical (unpaired) electrons. The molecule has 0 fully saturated rings. The predicted octanol–water partition coefficient (Wildman–Crippen LogP) is 2.19. The molecule has 0 aliphatic heterocycles. The van der Waals surface area contributed by atoms with Crippen molar-refractivity contribution in [3.8, 4) is 0 Å². The van der Waals surface area contributed by atoms with Gasteiger partial charge >= 0.3 is 0 Å². The molecule has 0 aromatic carbocycles. The number of nitrogens with one attached hydrogen (secondary N) is 1. The van der Waals surface area contributed by atoms with E-state index < -0.39 is 0 Å². The topological polar surface area (TPSA) is 21.3 Å². The van der Waals surface area contributed by atoms with Crippen LogP contribution in [-0.2, 0) is 4.74 Å². The zero-order valence-electron chi connectivity index (χ0n) is 8.89. The van der Waals surface area contributed by atoms with Gasteiger partial charge in [0.1, 0.15) is 0 Å². The highest BCUT2D eigenvalue weighted by Gasteiger charge is 2.09. The summed E-state index contributed by atoms with van der Waals surface area (Å²) in [4.78, 5) is 0. The SMILES string of the molecule is CCCC(CC(C)OC)NCC. The number of rotatable bonds is 7. The molecule has 2 heteroatoms. The Balaban J connectivity index is 3.61.